The lowest BCUT2D eigenvalue weighted by molar-refractivity contribution is 0.0939. The van der Waals surface area contributed by atoms with Crippen molar-refractivity contribution in [3.8, 4) is 0 Å². The van der Waals surface area contributed by atoms with Crippen LogP contribution >= 0.6 is 0 Å². The zero-order valence-electron chi connectivity index (χ0n) is 12.2. The zero-order chi connectivity index (χ0) is 13.7. The minimum Gasteiger partial charge on any atom is -0.294 e. The maximum Gasteiger partial charge on any atom is 0.163 e. The summed E-state index contributed by atoms with van der Waals surface area (Å²) in [4.78, 5) is 12.4. The molecule has 0 N–H and O–H groups in total. The number of allylic oxidation sites excluding steroid dienone is 2. The van der Waals surface area contributed by atoms with Crippen LogP contribution in [0.1, 0.15) is 66.9 Å². The average molecular weight is 266 g/mol. The fraction of sp³-hybridized carbons (Fsp3) is 0.526. The molecule has 0 aromatic heterocycles. The Bertz CT molecular complexity index is 610. The van der Waals surface area contributed by atoms with Gasteiger partial charge in [-0.15, -0.1) is 0 Å². The third kappa shape index (κ3) is 1.58. The molecule has 0 saturated heterocycles. The molecule has 20 heavy (non-hydrogen) atoms. The van der Waals surface area contributed by atoms with Crippen LogP contribution in [-0.4, -0.2) is 5.78 Å². The van der Waals surface area contributed by atoms with Gasteiger partial charge in [-0.25, -0.2) is 0 Å². The molecule has 1 heteroatoms. The molecule has 2 unspecified atom stereocenters. The Kier molecular flexibility index (Phi) is 2.67. The maximum atomic E-state index is 12.4. The van der Waals surface area contributed by atoms with E-state index in [1.165, 1.54) is 30.4 Å². The first kappa shape index (κ1) is 12.4. The molecule has 1 aromatic carbocycles. The number of aryl methyl sites for hydroxylation is 1. The first-order valence-corrected chi connectivity index (χ1v) is 8.07. The Hall–Kier alpha value is -1.37. The lowest BCUT2D eigenvalue weighted by atomic mass is 9.62. The van der Waals surface area contributed by atoms with E-state index in [1.54, 1.807) is 5.57 Å². The van der Waals surface area contributed by atoms with E-state index in [0.717, 1.165) is 37.2 Å². The van der Waals surface area contributed by atoms with Crippen molar-refractivity contribution < 1.29 is 4.79 Å². The highest BCUT2D eigenvalue weighted by atomic mass is 16.1. The van der Waals surface area contributed by atoms with Gasteiger partial charge in [0.05, 0.1) is 0 Å². The largest absolute Gasteiger partial charge is 0.294 e. The van der Waals surface area contributed by atoms with Crippen molar-refractivity contribution in [2.24, 2.45) is 5.92 Å². The molecular formula is C19H22O. The summed E-state index contributed by atoms with van der Waals surface area (Å²) in [5.41, 5.74) is 5.71. The van der Waals surface area contributed by atoms with Crippen LogP contribution in [0.3, 0.4) is 0 Å². The summed E-state index contributed by atoms with van der Waals surface area (Å²) in [6.07, 6.45) is 10.2. The summed E-state index contributed by atoms with van der Waals surface area (Å²) in [5.74, 6) is 1.14. The molecular weight excluding hydrogens is 244 g/mol. The van der Waals surface area contributed by atoms with Crippen LogP contribution in [0.25, 0.3) is 0 Å². The average Bonchev–Trinajstić information content (AvgIpc) is 3.05. The standard InChI is InChI=1S/C19H22O/c1-2-3-13-5-7-17-16(11-13)18(20)8-9-19(17)12-14-4-6-15(19)10-14/h4-5,7,11,15H,2-3,6,8-10,12H2,1H3. The second-order valence-electron chi connectivity index (χ2n) is 6.89. The van der Waals surface area contributed by atoms with Crippen LogP contribution in [0.15, 0.2) is 29.8 Å². The number of Topliss-reactive ketones (excluding diaryl/α,β-unsaturated/α-hetero) is 1. The van der Waals surface area contributed by atoms with Crippen molar-refractivity contribution in [1.29, 1.82) is 0 Å². The van der Waals surface area contributed by atoms with Gasteiger partial charge in [-0.2, -0.15) is 0 Å². The van der Waals surface area contributed by atoms with Gasteiger partial charge in [0.15, 0.2) is 5.78 Å². The van der Waals surface area contributed by atoms with Gasteiger partial charge < -0.3 is 0 Å². The number of fused-ring (bicyclic) bond motifs is 5. The number of rotatable bonds is 2. The van der Waals surface area contributed by atoms with Gasteiger partial charge in [0.2, 0.25) is 0 Å². The topological polar surface area (TPSA) is 17.1 Å². The normalized spacial score (nSPS) is 30.8. The molecule has 0 heterocycles. The van der Waals surface area contributed by atoms with Gasteiger partial charge in [0.1, 0.15) is 0 Å². The van der Waals surface area contributed by atoms with Gasteiger partial charge in [-0.05, 0) is 55.2 Å². The van der Waals surface area contributed by atoms with Crippen LogP contribution in [0.4, 0.5) is 0 Å². The number of hydrogen-bond donors (Lipinski definition) is 0. The molecule has 3 aliphatic carbocycles. The van der Waals surface area contributed by atoms with Crippen LogP contribution in [0.5, 0.6) is 0 Å². The van der Waals surface area contributed by atoms with E-state index < -0.39 is 0 Å². The summed E-state index contributed by atoms with van der Waals surface area (Å²) in [6.45, 7) is 2.20. The van der Waals surface area contributed by atoms with E-state index >= 15 is 0 Å². The summed E-state index contributed by atoms with van der Waals surface area (Å²) >= 11 is 0. The number of carbonyl (C=O) groups is 1. The van der Waals surface area contributed by atoms with Gasteiger partial charge in [-0.3, -0.25) is 4.79 Å². The van der Waals surface area contributed by atoms with Crippen molar-refractivity contribution in [1.82, 2.24) is 0 Å². The quantitative estimate of drug-likeness (QED) is 0.715. The first-order valence-electron chi connectivity index (χ1n) is 8.07. The molecule has 0 radical (unpaired) electrons. The minimum atomic E-state index is 0.304. The van der Waals surface area contributed by atoms with E-state index in [9.17, 15) is 4.79 Å². The van der Waals surface area contributed by atoms with Gasteiger partial charge >= 0.3 is 0 Å². The number of ketones is 1. The van der Waals surface area contributed by atoms with E-state index in [0.29, 0.717) is 11.2 Å². The fourth-order valence-electron chi connectivity index (χ4n) is 4.82. The Morgan fingerprint density at radius 1 is 1.35 bits per heavy atom. The van der Waals surface area contributed by atoms with Gasteiger partial charge in [-0.1, -0.05) is 37.1 Å². The molecule has 1 fully saturated rings. The number of carbonyl (C=O) groups excluding carboxylic acids is 1. The van der Waals surface area contributed by atoms with E-state index in [-0.39, 0.29) is 0 Å². The lowest BCUT2D eigenvalue weighted by Crippen LogP contribution is -2.37. The third-order valence-corrected chi connectivity index (χ3v) is 5.78. The molecule has 1 spiro atoms. The lowest BCUT2D eigenvalue weighted by Gasteiger charge is -2.41. The van der Waals surface area contributed by atoms with Crippen molar-refractivity contribution in [2.75, 3.05) is 0 Å². The molecule has 1 saturated carbocycles. The molecule has 2 atom stereocenters. The molecule has 1 aromatic rings. The van der Waals surface area contributed by atoms with Gasteiger partial charge in [0.25, 0.3) is 0 Å². The predicted molar refractivity (Wildman–Crippen MR) is 81.1 cm³/mol. The molecule has 104 valence electrons. The Labute approximate surface area is 121 Å². The van der Waals surface area contributed by atoms with Gasteiger partial charge in [0, 0.05) is 17.4 Å². The zero-order valence-corrected chi connectivity index (χ0v) is 12.2. The van der Waals surface area contributed by atoms with Crippen LogP contribution in [-0.2, 0) is 11.8 Å². The van der Waals surface area contributed by atoms with E-state index in [4.69, 9.17) is 0 Å². The third-order valence-electron chi connectivity index (χ3n) is 5.78. The van der Waals surface area contributed by atoms with Crippen molar-refractivity contribution >= 4 is 5.78 Å². The van der Waals surface area contributed by atoms with Crippen LogP contribution in [0, 0.1) is 5.92 Å². The van der Waals surface area contributed by atoms with Crippen LogP contribution in [0.2, 0.25) is 0 Å². The van der Waals surface area contributed by atoms with Crippen molar-refractivity contribution in [3.63, 3.8) is 0 Å². The number of hydrogen-bond acceptors (Lipinski definition) is 1. The molecule has 4 rings (SSSR count). The minimum absolute atomic E-state index is 0.304. The molecule has 0 amide bonds. The highest BCUT2D eigenvalue weighted by molar-refractivity contribution is 5.99. The van der Waals surface area contributed by atoms with Crippen LogP contribution < -0.4 is 0 Å². The highest BCUT2D eigenvalue weighted by Gasteiger charge is 2.51. The molecule has 3 aliphatic rings. The monoisotopic (exact) mass is 266 g/mol. The van der Waals surface area contributed by atoms with E-state index in [1.807, 2.05) is 0 Å². The maximum absolute atomic E-state index is 12.4. The first-order chi connectivity index (χ1) is 9.73. The predicted octanol–water partition coefficient (Wildman–Crippen LogP) is 4.59. The SMILES string of the molecule is CCCc1ccc2c(c1)C(=O)CCC21CC2=CCC1C2. The van der Waals surface area contributed by atoms with Crippen molar-refractivity contribution in [2.45, 2.75) is 57.3 Å². The molecule has 0 aliphatic heterocycles. The Morgan fingerprint density at radius 3 is 2.95 bits per heavy atom. The summed E-state index contributed by atoms with van der Waals surface area (Å²) in [6, 6.07) is 6.75. The second-order valence-corrected chi connectivity index (χ2v) is 6.89. The van der Waals surface area contributed by atoms with Crippen molar-refractivity contribution in [3.05, 3.63) is 46.5 Å². The summed E-state index contributed by atoms with van der Waals surface area (Å²) in [7, 11) is 0. The molecule has 1 nitrogen and oxygen atoms in total. The van der Waals surface area contributed by atoms with E-state index in [2.05, 4.69) is 31.2 Å². The Balaban J connectivity index is 1.83. The second kappa shape index (κ2) is 4.31. The summed E-state index contributed by atoms with van der Waals surface area (Å²) in [5, 5.41) is 0. The fourth-order valence-corrected chi connectivity index (χ4v) is 4.82. The number of benzene rings is 1. The highest BCUT2D eigenvalue weighted by Crippen LogP contribution is 2.58. The molecule has 2 bridgehead atoms. The smallest absolute Gasteiger partial charge is 0.163 e. The summed E-state index contributed by atoms with van der Waals surface area (Å²) < 4.78 is 0. The Morgan fingerprint density at radius 2 is 2.25 bits per heavy atom.